The monoisotopic (exact) mass is 561 g/mol. The molecule has 2 rings (SSSR count). The van der Waals surface area contributed by atoms with Crippen LogP contribution in [0.1, 0.15) is 43.8 Å². The highest BCUT2D eigenvalue weighted by atomic mass is 80.0. The molecule has 1 unspecified atom stereocenters. The molecule has 1 atom stereocenters. The Morgan fingerprint density at radius 2 is 1.68 bits per heavy atom. The Morgan fingerprint density at radius 3 is 2.08 bits per heavy atom. The first kappa shape index (κ1) is 21.3. The number of carboxylic acid groups (broad SMARTS) is 1. The molecule has 0 radical (unpaired) electrons. The van der Waals surface area contributed by atoms with Gasteiger partial charge >= 0.3 is 5.97 Å². The van der Waals surface area contributed by atoms with Crippen LogP contribution in [0.2, 0.25) is 0 Å². The Kier molecular flexibility index (Phi) is 6.76. The zero-order valence-electron chi connectivity index (χ0n) is 13.1. The fourth-order valence-electron chi connectivity index (χ4n) is 3.25. The standard InChI is InChI=1S/C15H18Br3NO5S/c16-15(17,18)25(22,23)11-6-4-10(5-7-11)12(24-19)14(13(20)21)8-2-1-3-9-14/h4-7,12H,1-3,8-9,19H2,(H,20,21). The molecular weight excluding hydrogens is 546 g/mol. The average molecular weight is 564 g/mol. The van der Waals surface area contributed by atoms with Crippen molar-refractivity contribution in [1.29, 1.82) is 0 Å². The Bertz CT molecular complexity index is 725. The molecule has 0 saturated heterocycles. The Balaban J connectivity index is 2.41. The summed E-state index contributed by atoms with van der Waals surface area (Å²) in [6, 6.07) is 5.91. The zero-order valence-corrected chi connectivity index (χ0v) is 18.7. The highest BCUT2D eigenvalue weighted by Crippen LogP contribution is 2.48. The van der Waals surface area contributed by atoms with Crippen LogP contribution < -0.4 is 5.90 Å². The molecule has 1 aromatic carbocycles. The molecule has 140 valence electrons. The maximum absolute atomic E-state index is 12.4. The molecular formula is C15H18Br3NO5S. The molecule has 10 heteroatoms. The topological polar surface area (TPSA) is 107 Å². The smallest absolute Gasteiger partial charge is 0.312 e. The van der Waals surface area contributed by atoms with Crippen molar-refractivity contribution in [3.05, 3.63) is 29.8 Å². The number of sulfone groups is 1. The second kappa shape index (κ2) is 7.93. The maximum Gasteiger partial charge on any atom is 0.312 e. The molecule has 0 aromatic heterocycles. The third kappa shape index (κ3) is 4.14. The highest BCUT2D eigenvalue weighted by Gasteiger charge is 2.48. The maximum atomic E-state index is 12.4. The van der Waals surface area contributed by atoms with E-state index in [2.05, 4.69) is 47.8 Å². The van der Waals surface area contributed by atoms with Crippen LogP contribution in [0.4, 0.5) is 0 Å². The lowest BCUT2D eigenvalue weighted by atomic mass is 9.68. The van der Waals surface area contributed by atoms with Crippen LogP contribution in [0, 0.1) is 5.41 Å². The van der Waals surface area contributed by atoms with Crippen LogP contribution in [-0.2, 0) is 19.5 Å². The van der Waals surface area contributed by atoms with Gasteiger partial charge in [-0.1, -0.05) is 31.4 Å². The summed E-state index contributed by atoms with van der Waals surface area (Å²) >= 11 is 9.03. The largest absolute Gasteiger partial charge is 0.481 e. The van der Waals surface area contributed by atoms with Crippen molar-refractivity contribution < 1.29 is 23.2 Å². The third-order valence-electron chi connectivity index (χ3n) is 4.61. The van der Waals surface area contributed by atoms with E-state index in [1.54, 1.807) is 12.1 Å². The Hall–Kier alpha value is -0.000000000000000222. The molecule has 25 heavy (non-hydrogen) atoms. The second-order valence-electron chi connectivity index (χ2n) is 6.06. The van der Waals surface area contributed by atoms with Gasteiger partial charge in [-0.15, -0.1) is 0 Å². The van der Waals surface area contributed by atoms with Gasteiger partial charge in [-0.2, -0.15) is 0 Å². The summed E-state index contributed by atoms with van der Waals surface area (Å²) in [5, 5.41) is 9.79. The first-order valence-electron chi connectivity index (χ1n) is 7.56. The van der Waals surface area contributed by atoms with Crippen molar-refractivity contribution in [2.75, 3.05) is 0 Å². The summed E-state index contributed by atoms with van der Waals surface area (Å²) in [5.74, 6) is 4.50. The number of hydrogen-bond donors (Lipinski definition) is 2. The van der Waals surface area contributed by atoms with Gasteiger partial charge in [-0.05, 0) is 78.3 Å². The summed E-state index contributed by atoms with van der Waals surface area (Å²) in [6.07, 6.45) is 2.65. The van der Waals surface area contributed by atoms with Crippen molar-refractivity contribution >= 4 is 63.6 Å². The van der Waals surface area contributed by atoms with Gasteiger partial charge < -0.3 is 5.11 Å². The summed E-state index contributed by atoms with van der Waals surface area (Å²) in [7, 11) is -3.72. The lowest BCUT2D eigenvalue weighted by Crippen LogP contribution is -2.41. The number of halogens is 3. The van der Waals surface area contributed by atoms with Crippen molar-refractivity contribution in [1.82, 2.24) is 0 Å². The van der Waals surface area contributed by atoms with Crippen molar-refractivity contribution in [2.24, 2.45) is 11.3 Å². The van der Waals surface area contributed by atoms with E-state index in [-0.39, 0.29) is 4.90 Å². The van der Waals surface area contributed by atoms with Crippen molar-refractivity contribution in [2.45, 2.75) is 44.6 Å². The van der Waals surface area contributed by atoms with Crippen LogP contribution in [0.3, 0.4) is 0 Å². The van der Waals surface area contributed by atoms with Gasteiger partial charge in [0.2, 0.25) is 11.3 Å². The van der Waals surface area contributed by atoms with E-state index in [4.69, 9.17) is 10.7 Å². The van der Waals surface area contributed by atoms with E-state index in [0.717, 1.165) is 19.3 Å². The van der Waals surface area contributed by atoms with Gasteiger partial charge in [0.25, 0.3) is 0 Å². The summed E-state index contributed by atoms with van der Waals surface area (Å²) in [6.45, 7) is 0. The van der Waals surface area contributed by atoms with Gasteiger partial charge in [0, 0.05) is 0 Å². The van der Waals surface area contributed by atoms with Crippen molar-refractivity contribution in [3.63, 3.8) is 0 Å². The van der Waals surface area contributed by atoms with Crippen molar-refractivity contribution in [3.8, 4) is 0 Å². The normalized spacial score (nSPS) is 19.4. The number of alkyl halides is 3. The fourth-order valence-corrected chi connectivity index (χ4v) is 5.70. The predicted octanol–water partition coefficient (Wildman–Crippen LogP) is 4.22. The van der Waals surface area contributed by atoms with Crippen LogP contribution >= 0.6 is 47.8 Å². The van der Waals surface area contributed by atoms with E-state index < -0.39 is 28.8 Å². The molecule has 1 aliphatic carbocycles. The molecule has 1 fully saturated rings. The highest BCUT2D eigenvalue weighted by molar-refractivity contribution is 9.42. The number of carbonyl (C=O) groups is 1. The number of benzene rings is 1. The van der Waals surface area contributed by atoms with E-state index in [1.165, 1.54) is 12.1 Å². The predicted molar refractivity (Wildman–Crippen MR) is 104 cm³/mol. The van der Waals surface area contributed by atoms with Gasteiger partial charge in [-0.25, -0.2) is 14.3 Å². The van der Waals surface area contributed by atoms with Gasteiger partial charge in [-0.3, -0.25) is 9.63 Å². The van der Waals surface area contributed by atoms with Gasteiger partial charge in [0.1, 0.15) is 11.5 Å². The van der Waals surface area contributed by atoms with E-state index in [0.29, 0.717) is 18.4 Å². The molecule has 1 aliphatic rings. The first-order chi connectivity index (χ1) is 11.6. The number of aliphatic carboxylic acids is 1. The van der Waals surface area contributed by atoms with Crippen LogP contribution in [-0.4, -0.2) is 21.0 Å². The molecule has 3 N–H and O–H groups in total. The first-order valence-corrected chi connectivity index (χ1v) is 11.4. The van der Waals surface area contributed by atoms with Crippen LogP contribution in [0.15, 0.2) is 29.2 Å². The lowest BCUT2D eigenvalue weighted by molar-refractivity contribution is -0.165. The Morgan fingerprint density at radius 1 is 1.16 bits per heavy atom. The number of hydrogen-bond acceptors (Lipinski definition) is 5. The average Bonchev–Trinajstić information content (AvgIpc) is 2.55. The molecule has 1 aromatic rings. The molecule has 0 spiro atoms. The third-order valence-corrected chi connectivity index (χ3v) is 9.95. The van der Waals surface area contributed by atoms with Crippen LogP contribution in [0.5, 0.6) is 0 Å². The molecule has 0 bridgehead atoms. The Labute approximate surface area is 171 Å². The summed E-state index contributed by atoms with van der Waals surface area (Å²) < 4.78 is 23.3. The van der Waals surface area contributed by atoms with E-state index >= 15 is 0 Å². The molecule has 6 nitrogen and oxygen atoms in total. The van der Waals surface area contributed by atoms with Crippen LogP contribution in [0.25, 0.3) is 0 Å². The number of nitrogens with two attached hydrogens (primary N) is 1. The van der Waals surface area contributed by atoms with Gasteiger partial charge in [0.15, 0.2) is 0 Å². The van der Waals surface area contributed by atoms with Gasteiger partial charge in [0.05, 0.1) is 4.90 Å². The quantitative estimate of drug-likeness (QED) is 0.410. The lowest BCUT2D eigenvalue weighted by Gasteiger charge is -2.38. The summed E-state index contributed by atoms with van der Waals surface area (Å²) in [5.41, 5.74) is -0.563. The fraction of sp³-hybridized carbons (Fsp3) is 0.533. The molecule has 1 saturated carbocycles. The van der Waals surface area contributed by atoms with E-state index in [9.17, 15) is 18.3 Å². The molecule has 0 amide bonds. The minimum Gasteiger partial charge on any atom is -0.481 e. The summed E-state index contributed by atoms with van der Waals surface area (Å²) in [4.78, 5) is 17.1. The second-order valence-corrected chi connectivity index (χ2v) is 16.5. The molecule has 0 heterocycles. The van der Waals surface area contributed by atoms with E-state index in [1.807, 2.05) is 0 Å². The molecule has 0 aliphatic heterocycles. The number of rotatable bonds is 5. The minimum atomic E-state index is -3.72. The number of carboxylic acids is 1. The SMILES string of the molecule is NOC(c1ccc(S(=O)(=O)C(Br)(Br)Br)cc1)C1(C(=O)O)CCCCC1. The minimum absolute atomic E-state index is 0.0608. The zero-order chi connectivity index (χ0) is 18.9.